The lowest BCUT2D eigenvalue weighted by atomic mass is 9.87. The molecule has 1 aromatic heterocycles. The first-order chi connectivity index (χ1) is 14.1. The van der Waals surface area contributed by atoms with Crippen molar-refractivity contribution in [2.75, 3.05) is 16.2 Å². The van der Waals surface area contributed by atoms with E-state index in [0.29, 0.717) is 23.7 Å². The van der Waals surface area contributed by atoms with E-state index in [-0.39, 0.29) is 15.6 Å². The van der Waals surface area contributed by atoms with Gasteiger partial charge in [0.1, 0.15) is 17.0 Å². The molecule has 1 aliphatic heterocycles. The average Bonchev–Trinajstić information content (AvgIpc) is 3.23. The Morgan fingerprint density at radius 2 is 2.03 bits per heavy atom. The summed E-state index contributed by atoms with van der Waals surface area (Å²) >= 11 is 13.4. The summed E-state index contributed by atoms with van der Waals surface area (Å²) in [5.41, 5.74) is 2.45. The van der Waals surface area contributed by atoms with E-state index in [1.165, 1.54) is 6.33 Å². The van der Waals surface area contributed by atoms with E-state index in [1.807, 2.05) is 18.2 Å². The lowest BCUT2D eigenvalue weighted by molar-refractivity contribution is 0.548. The highest BCUT2D eigenvalue weighted by molar-refractivity contribution is 7.93. The van der Waals surface area contributed by atoms with Crippen molar-refractivity contribution < 1.29 is 12.8 Å². The molecular formula is C19H17Cl2FN4O2S2. The van der Waals surface area contributed by atoms with Gasteiger partial charge in [-0.25, -0.2) is 17.8 Å². The Kier molecular flexibility index (Phi) is 5.42. The van der Waals surface area contributed by atoms with Crippen LogP contribution in [0, 0.1) is 5.82 Å². The molecule has 0 amide bonds. The van der Waals surface area contributed by atoms with E-state index in [2.05, 4.69) is 32.8 Å². The number of aromatic nitrogens is 2. The summed E-state index contributed by atoms with van der Waals surface area (Å²) in [5.74, 6) is -0.888. The molecule has 2 heterocycles. The monoisotopic (exact) mass is 486 g/mol. The summed E-state index contributed by atoms with van der Waals surface area (Å²) in [5, 5.41) is 0.865. The largest absolute Gasteiger partial charge is 0.366 e. The molecule has 0 fully saturated rings. The molecule has 0 atom stereocenters. The lowest BCUT2D eigenvalue weighted by Gasteiger charge is -2.23. The Hall–Kier alpha value is -1.94. The first-order valence-electron chi connectivity index (χ1n) is 8.89. The minimum Gasteiger partial charge on any atom is -0.366 e. The molecule has 2 aromatic carbocycles. The Morgan fingerprint density at radius 3 is 2.73 bits per heavy atom. The Morgan fingerprint density at radius 1 is 1.27 bits per heavy atom. The number of nitrogens with one attached hydrogen (secondary N) is 1. The number of rotatable bonds is 5. The van der Waals surface area contributed by atoms with Crippen LogP contribution in [0.3, 0.4) is 0 Å². The fraction of sp³-hybridized carbons (Fsp3) is 0.263. The Balaban J connectivity index is 1.64. The van der Waals surface area contributed by atoms with E-state index in [0.717, 1.165) is 34.9 Å². The molecule has 0 saturated carbocycles. The van der Waals surface area contributed by atoms with Crippen molar-refractivity contribution in [3.63, 3.8) is 0 Å². The number of fused-ring (bicyclic) bond motifs is 1. The van der Waals surface area contributed by atoms with E-state index in [1.54, 1.807) is 0 Å². The molecule has 0 radical (unpaired) electrons. The maximum atomic E-state index is 14.8. The molecule has 1 aliphatic rings. The van der Waals surface area contributed by atoms with E-state index in [9.17, 15) is 12.8 Å². The van der Waals surface area contributed by atoms with Crippen LogP contribution in [0.2, 0.25) is 10.0 Å². The number of benzene rings is 2. The van der Waals surface area contributed by atoms with Gasteiger partial charge in [-0.3, -0.25) is 4.72 Å². The molecule has 3 aromatic rings. The second-order valence-corrected chi connectivity index (χ2v) is 10.9. The summed E-state index contributed by atoms with van der Waals surface area (Å²) in [6.45, 7) is 5.25. The molecule has 4 rings (SSSR count). The van der Waals surface area contributed by atoms with Gasteiger partial charge in [-0.1, -0.05) is 37.0 Å². The molecule has 11 heteroatoms. The Labute approximate surface area is 187 Å². The number of hydrogen-bond donors (Lipinski definition) is 1. The normalized spacial score (nSPS) is 15.3. The fourth-order valence-corrected chi connectivity index (χ4v) is 5.81. The maximum Gasteiger partial charge on any atom is 0.266 e. The minimum atomic E-state index is -4.18. The van der Waals surface area contributed by atoms with Gasteiger partial charge in [0, 0.05) is 45.8 Å². The zero-order valence-electron chi connectivity index (χ0n) is 16.0. The van der Waals surface area contributed by atoms with Crippen molar-refractivity contribution in [1.82, 2.24) is 9.36 Å². The number of hydrogen-bond acceptors (Lipinski definition) is 6. The van der Waals surface area contributed by atoms with Gasteiger partial charge in [0.2, 0.25) is 5.13 Å². The molecule has 1 N–H and O–H groups in total. The highest BCUT2D eigenvalue weighted by Crippen LogP contribution is 2.43. The van der Waals surface area contributed by atoms with Crippen molar-refractivity contribution in [3.05, 3.63) is 63.6 Å². The third-order valence-electron chi connectivity index (χ3n) is 4.95. The first-order valence-corrected chi connectivity index (χ1v) is 11.9. The highest BCUT2D eigenvalue weighted by Gasteiger charge is 2.35. The SMILES string of the molecule is CC1(C)CN(Cc2cc(F)c(S(=O)(=O)Nc3ncns3)cc2Cl)c2ccc(Cl)cc21. The molecule has 6 nitrogen and oxygen atoms in total. The van der Waals surface area contributed by atoms with Gasteiger partial charge in [-0.15, -0.1) is 0 Å². The predicted octanol–water partition coefficient (Wildman–Crippen LogP) is 5.08. The molecule has 0 unspecified atom stereocenters. The molecule has 0 saturated heterocycles. The molecule has 0 spiro atoms. The van der Waals surface area contributed by atoms with Crippen LogP contribution in [0.25, 0.3) is 0 Å². The predicted molar refractivity (Wildman–Crippen MR) is 118 cm³/mol. The van der Waals surface area contributed by atoms with Gasteiger partial charge in [0.15, 0.2) is 0 Å². The van der Waals surface area contributed by atoms with Crippen LogP contribution in [0.5, 0.6) is 0 Å². The maximum absolute atomic E-state index is 14.8. The van der Waals surface area contributed by atoms with Crippen molar-refractivity contribution in [3.8, 4) is 0 Å². The van der Waals surface area contributed by atoms with Gasteiger partial charge in [-0.2, -0.15) is 4.37 Å². The number of nitrogens with zero attached hydrogens (tertiary/aromatic N) is 3. The van der Waals surface area contributed by atoms with Gasteiger partial charge >= 0.3 is 0 Å². The first kappa shape index (κ1) is 21.3. The van der Waals surface area contributed by atoms with Crippen LogP contribution in [0.4, 0.5) is 15.2 Å². The van der Waals surface area contributed by atoms with Crippen molar-refractivity contribution in [2.24, 2.45) is 0 Å². The number of halogens is 3. The fourth-order valence-electron chi connectivity index (χ4n) is 3.61. The standard InChI is InChI=1S/C19H17Cl2FN4O2S2/c1-19(2)9-26(16-4-3-12(20)6-13(16)19)8-11-5-15(22)17(7-14(11)21)30(27,28)25-18-23-10-24-29-18/h3-7,10H,8-9H2,1-2H3,(H,23,24,25). The van der Waals surface area contributed by atoms with Gasteiger partial charge in [-0.05, 0) is 41.5 Å². The third-order valence-corrected chi connectivity index (χ3v) is 7.60. The summed E-state index contributed by atoms with van der Waals surface area (Å²) in [6, 6.07) is 7.97. The smallest absolute Gasteiger partial charge is 0.266 e. The second kappa shape index (κ2) is 7.64. The van der Waals surface area contributed by atoms with Crippen LogP contribution in [-0.4, -0.2) is 24.3 Å². The lowest BCUT2D eigenvalue weighted by Crippen LogP contribution is -2.28. The molecular weight excluding hydrogens is 470 g/mol. The summed E-state index contributed by atoms with van der Waals surface area (Å²) in [4.78, 5) is 5.29. The zero-order valence-corrected chi connectivity index (χ0v) is 19.1. The topological polar surface area (TPSA) is 75.2 Å². The summed E-state index contributed by atoms with van der Waals surface area (Å²) < 4.78 is 45.7. The molecule has 0 aliphatic carbocycles. The quantitative estimate of drug-likeness (QED) is 0.543. The van der Waals surface area contributed by atoms with Gasteiger partial charge in [0.25, 0.3) is 10.0 Å². The van der Waals surface area contributed by atoms with Gasteiger partial charge in [0.05, 0.1) is 0 Å². The van der Waals surface area contributed by atoms with E-state index in [4.69, 9.17) is 23.2 Å². The van der Waals surface area contributed by atoms with Crippen molar-refractivity contribution in [2.45, 2.75) is 30.7 Å². The van der Waals surface area contributed by atoms with Gasteiger partial charge < -0.3 is 4.90 Å². The van der Waals surface area contributed by atoms with E-state index >= 15 is 0 Å². The molecule has 30 heavy (non-hydrogen) atoms. The number of anilines is 2. The van der Waals surface area contributed by atoms with Crippen LogP contribution in [0.1, 0.15) is 25.0 Å². The van der Waals surface area contributed by atoms with Crippen molar-refractivity contribution >= 4 is 55.6 Å². The molecule has 158 valence electrons. The summed E-state index contributed by atoms with van der Waals surface area (Å²) in [7, 11) is -4.18. The van der Waals surface area contributed by atoms with E-state index < -0.39 is 20.7 Å². The van der Waals surface area contributed by atoms with Crippen molar-refractivity contribution in [1.29, 1.82) is 0 Å². The van der Waals surface area contributed by atoms with Crippen LogP contribution in [0.15, 0.2) is 41.6 Å². The van der Waals surface area contributed by atoms with Crippen LogP contribution in [-0.2, 0) is 22.0 Å². The second-order valence-electron chi connectivity index (χ2n) is 7.63. The van der Waals surface area contributed by atoms with Crippen LogP contribution < -0.4 is 9.62 Å². The van der Waals surface area contributed by atoms with Crippen LogP contribution >= 0.6 is 34.7 Å². The third kappa shape index (κ3) is 3.99. The zero-order chi connectivity index (χ0) is 21.7. The Bertz CT molecular complexity index is 1220. The minimum absolute atomic E-state index is 0.0455. The average molecular weight is 487 g/mol. The molecule has 0 bridgehead atoms. The number of sulfonamides is 1. The summed E-state index contributed by atoms with van der Waals surface area (Å²) in [6.07, 6.45) is 1.21. The highest BCUT2D eigenvalue weighted by atomic mass is 35.5.